The average molecular weight is 462 g/mol. The Hall–Kier alpha value is -4.67. The smallest absolute Gasteiger partial charge is 0.263 e. The predicted octanol–water partition coefficient (Wildman–Crippen LogP) is 3.03. The van der Waals surface area contributed by atoms with Crippen LogP contribution in [0, 0.1) is 11.6 Å². The zero-order valence-electron chi connectivity index (χ0n) is 17.5. The third-order valence-corrected chi connectivity index (χ3v) is 5.15. The number of halogens is 2. The molecule has 4 heterocycles. The van der Waals surface area contributed by atoms with E-state index in [2.05, 4.69) is 25.5 Å². The van der Waals surface area contributed by atoms with Crippen molar-refractivity contribution in [3.63, 3.8) is 0 Å². The Morgan fingerprint density at radius 3 is 2.85 bits per heavy atom. The third kappa shape index (κ3) is 4.06. The number of carbonyl (C=O) groups excluding carboxylic acids is 1. The number of carbonyl (C=O) groups is 1. The minimum atomic E-state index is -1.01. The first-order chi connectivity index (χ1) is 16.5. The van der Waals surface area contributed by atoms with Gasteiger partial charge in [0.1, 0.15) is 11.2 Å². The van der Waals surface area contributed by atoms with Crippen LogP contribution in [0.15, 0.2) is 70.3 Å². The number of aromatic amines is 1. The average Bonchev–Trinajstić information content (AvgIpc) is 3.48. The van der Waals surface area contributed by atoms with Crippen LogP contribution in [-0.2, 0) is 13.1 Å². The van der Waals surface area contributed by atoms with E-state index in [1.54, 1.807) is 18.5 Å². The normalized spacial score (nSPS) is 11.1. The second-order valence-corrected chi connectivity index (χ2v) is 7.39. The molecule has 0 saturated heterocycles. The van der Waals surface area contributed by atoms with Crippen LogP contribution < -0.4 is 10.9 Å². The lowest BCUT2D eigenvalue weighted by molar-refractivity contribution is 0.0945. The van der Waals surface area contributed by atoms with Gasteiger partial charge in [0.25, 0.3) is 11.5 Å². The fraction of sp³-hybridized carbons (Fsp3) is 0.0870. The van der Waals surface area contributed by atoms with Crippen molar-refractivity contribution in [3.05, 3.63) is 100 Å². The quantitative estimate of drug-likeness (QED) is 0.400. The Morgan fingerprint density at radius 1 is 1.12 bits per heavy atom. The van der Waals surface area contributed by atoms with Gasteiger partial charge in [-0.15, -0.1) is 10.2 Å². The summed E-state index contributed by atoms with van der Waals surface area (Å²) in [5.41, 5.74) is 1.03. The van der Waals surface area contributed by atoms with E-state index >= 15 is 0 Å². The maximum absolute atomic E-state index is 13.5. The van der Waals surface area contributed by atoms with Crippen molar-refractivity contribution in [2.24, 2.45) is 0 Å². The zero-order valence-corrected chi connectivity index (χ0v) is 17.5. The van der Waals surface area contributed by atoms with Gasteiger partial charge in [0, 0.05) is 24.0 Å². The molecule has 0 unspecified atom stereocenters. The van der Waals surface area contributed by atoms with E-state index in [1.807, 2.05) is 6.07 Å². The summed E-state index contributed by atoms with van der Waals surface area (Å²) in [6, 6.07) is 9.90. The number of rotatable bonds is 6. The molecule has 0 bridgehead atoms. The highest BCUT2D eigenvalue weighted by molar-refractivity contribution is 5.93. The number of nitrogens with one attached hydrogen (secondary N) is 2. The van der Waals surface area contributed by atoms with Gasteiger partial charge in [0.15, 0.2) is 11.6 Å². The predicted molar refractivity (Wildman–Crippen MR) is 117 cm³/mol. The van der Waals surface area contributed by atoms with Crippen molar-refractivity contribution < 1.29 is 18.0 Å². The standard InChI is InChI=1S/C23H16F2N6O3/c24-17-6-5-13(9-18(17)25)12-31-8-2-4-15(23(31)33)21(32)28-11-19-29-30-22(34-19)16-10-27-20-14(16)3-1-7-26-20/h1-10H,11-12H2,(H,26,27)(H,28,32). The number of H-pyrrole nitrogens is 1. The van der Waals surface area contributed by atoms with Crippen LogP contribution >= 0.6 is 0 Å². The number of nitrogens with zero attached hydrogens (tertiary/aromatic N) is 4. The summed E-state index contributed by atoms with van der Waals surface area (Å²) in [6.45, 7) is -0.117. The molecule has 1 aromatic carbocycles. The molecule has 0 aliphatic carbocycles. The van der Waals surface area contributed by atoms with E-state index in [9.17, 15) is 18.4 Å². The molecule has 9 nitrogen and oxygen atoms in total. The SMILES string of the molecule is O=C(NCc1nnc(-c2c[nH]c3ncccc23)o1)c1cccn(Cc2ccc(F)c(F)c2)c1=O. The van der Waals surface area contributed by atoms with E-state index < -0.39 is 23.1 Å². The molecule has 0 spiro atoms. The van der Waals surface area contributed by atoms with E-state index in [0.717, 1.165) is 17.5 Å². The summed E-state index contributed by atoms with van der Waals surface area (Å²) in [4.78, 5) is 32.6. The molecule has 34 heavy (non-hydrogen) atoms. The number of benzene rings is 1. The van der Waals surface area contributed by atoms with Gasteiger partial charge in [-0.2, -0.15) is 0 Å². The molecule has 0 atom stereocenters. The van der Waals surface area contributed by atoms with Gasteiger partial charge >= 0.3 is 0 Å². The van der Waals surface area contributed by atoms with E-state index in [4.69, 9.17) is 4.42 Å². The summed E-state index contributed by atoms with van der Waals surface area (Å²) in [5.74, 6) is -2.21. The van der Waals surface area contributed by atoms with Gasteiger partial charge in [0.05, 0.1) is 18.7 Å². The molecule has 0 aliphatic rings. The van der Waals surface area contributed by atoms with Crippen molar-refractivity contribution in [2.75, 3.05) is 0 Å². The highest BCUT2D eigenvalue weighted by atomic mass is 19.2. The van der Waals surface area contributed by atoms with Gasteiger partial charge in [0.2, 0.25) is 11.8 Å². The van der Waals surface area contributed by atoms with Crippen molar-refractivity contribution in [3.8, 4) is 11.5 Å². The van der Waals surface area contributed by atoms with Crippen molar-refractivity contribution in [2.45, 2.75) is 13.1 Å². The first kappa shape index (κ1) is 21.2. The van der Waals surface area contributed by atoms with Crippen LogP contribution in [0.2, 0.25) is 0 Å². The molecule has 0 saturated carbocycles. The van der Waals surface area contributed by atoms with Gasteiger partial charge in [-0.05, 0) is 42.0 Å². The van der Waals surface area contributed by atoms with Crippen LogP contribution in [0.5, 0.6) is 0 Å². The number of amides is 1. The molecule has 11 heteroatoms. The van der Waals surface area contributed by atoms with Crippen LogP contribution in [0.25, 0.3) is 22.5 Å². The highest BCUT2D eigenvalue weighted by Gasteiger charge is 2.16. The molecule has 5 rings (SSSR count). The van der Waals surface area contributed by atoms with Crippen LogP contribution in [0.3, 0.4) is 0 Å². The maximum Gasteiger partial charge on any atom is 0.263 e. The minimum Gasteiger partial charge on any atom is -0.419 e. The van der Waals surface area contributed by atoms with Gasteiger partial charge < -0.3 is 19.3 Å². The second-order valence-electron chi connectivity index (χ2n) is 7.39. The fourth-order valence-electron chi connectivity index (χ4n) is 3.49. The third-order valence-electron chi connectivity index (χ3n) is 5.15. The Labute approximate surface area is 190 Å². The summed E-state index contributed by atoms with van der Waals surface area (Å²) in [7, 11) is 0. The zero-order chi connectivity index (χ0) is 23.7. The van der Waals surface area contributed by atoms with Gasteiger partial charge in [-0.3, -0.25) is 9.59 Å². The molecule has 0 radical (unpaired) electrons. The van der Waals surface area contributed by atoms with Crippen molar-refractivity contribution >= 4 is 16.9 Å². The molecule has 4 aromatic heterocycles. The molecular formula is C23H16F2N6O3. The summed E-state index contributed by atoms with van der Waals surface area (Å²) in [5, 5.41) is 11.3. The summed E-state index contributed by atoms with van der Waals surface area (Å²) < 4.78 is 33.5. The number of pyridine rings is 2. The largest absolute Gasteiger partial charge is 0.419 e. The Balaban J connectivity index is 1.29. The lowest BCUT2D eigenvalue weighted by Gasteiger charge is -2.08. The Bertz CT molecular complexity index is 1570. The monoisotopic (exact) mass is 462 g/mol. The summed E-state index contributed by atoms with van der Waals surface area (Å²) >= 11 is 0. The Morgan fingerprint density at radius 2 is 2.00 bits per heavy atom. The number of fused-ring (bicyclic) bond motifs is 1. The number of hydrogen-bond donors (Lipinski definition) is 2. The lowest BCUT2D eigenvalue weighted by Crippen LogP contribution is -2.32. The lowest BCUT2D eigenvalue weighted by atomic mass is 10.2. The van der Waals surface area contributed by atoms with E-state index in [-0.39, 0.29) is 30.4 Å². The van der Waals surface area contributed by atoms with Gasteiger partial charge in [-0.25, -0.2) is 13.8 Å². The molecule has 0 fully saturated rings. The molecular weight excluding hydrogens is 446 g/mol. The van der Waals surface area contributed by atoms with Crippen LogP contribution in [0.4, 0.5) is 8.78 Å². The number of hydrogen-bond acceptors (Lipinski definition) is 6. The number of aromatic nitrogens is 5. The highest BCUT2D eigenvalue weighted by Crippen LogP contribution is 2.26. The first-order valence-electron chi connectivity index (χ1n) is 10.2. The summed E-state index contributed by atoms with van der Waals surface area (Å²) in [6.07, 6.45) is 4.82. The van der Waals surface area contributed by atoms with E-state index in [1.165, 1.54) is 29.0 Å². The second kappa shape index (κ2) is 8.70. The van der Waals surface area contributed by atoms with Crippen molar-refractivity contribution in [1.29, 1.82) is 0 Å². The van der Waals surface area contributed by atoms with Crippen LogP contribution in [0.1, 0.15) is 21.8 Å². The first-order valence-corrected chi connectivity index (χ1v) is 10.2. The Kier molecular flexibility index (Phi) is 5.42. The fourth-order valence-corrected chi connectivity index (χ4v) is 3.49. The molecule has 170 valence electrons. The van der Waals surface area contributed by atoms with Gasteiger partial charge in [-0.1, -0.05) is 6.07 Å². The maximum atomic E-state index is 13.5. The van der Waals surface area contributed by atoms with E-state index in [0.29, 0.717) is 16.8 Å². The topological polar surface area (TPSA) is 119 Å². The molecule has 1 amide bonds. The molecule has 5 aromatic rings. The van der Waals surface area contributed by atoms with Crippen molar-refractivity contribution in [1.82, 2.24) is 30.0 Å². The van der Waals surface area contributed by atoms with Crippen LogP contribution in [-0.4, -0.2) is 30.6 Å². The molecule has 0 aliphatic heterocycles. The molecule has 2 N–H and O–H groups in total. The minimum absolute atomic E-state index is 0.0242.